The Hall–Kier alpha value is -0.770. The Bertz CT molecular complexity index is 474. The standard InChI is InChI=1S/C21H43N5O2.HI/c1-7-10-18(25-20(27)28-21(4,5)6)16-23-19(22-9-3)24-17-11-14-26(13-8-2)15-12-17;/h17-18H,7-16H2,1-6H3,(H,25,27)(H2,22,23,24);1H. The van der Waals surface area contributed by atoms with Crippen molar-refractivity contribution >= 4 is 36.0 Å². The second-order valence-electron chi connectivity index (χ2n) is 8.61. The number of aliphatic imine (C=N–C) groups is 1. The fourth-order valence-corrected chi connectivity index (χ4v) is 3.36. The molecule has 0 aromatic heterocycles. The zero-order valence-corrected chi connectivity index (χ0v) is 21.7. The maximum atomic E-state index is 12.1. The van der Waals surface area contributed by atoms with Crippen LogP contribution in [-0.4, -0.2) is 67.4 Å². The number of nitrogens with zero attached hydrogens (tertiary/aromatic N) is 2. The van der Waals surface area contributed by atoms with Crippen LogP contribution in [-0.2, 0) is 4.74 Å². The fourth-order valence-electron chi connectivity index (χ4n) is 3.36. The number of rotatable bonds is 9. The van der Waals surface area contributed by atoms with Crippen LogP contribution >= 0.6 is 24.0 Å². The van der Waals surface area contributed by atoms with Crippen molar-refractivity contribution in [3.05, 3.63) is 0 Å². The molecule has 8 heteroatoms. The Morgan fingerprint density at radius 3 is 2.34 bits per heavy atom. The minimum absolute atomic E-state index is 0. The number of hydrogen-bond donors (Lipinski definition) is 3. The summed E-state index contributed by atoms with van der Waals surface area (Å²) in [5.74, 6) is 0.837. The van der Waals surface area contributed by atoms with Gasteiger partial charge in [-0.05, 0) is 59.9 Å². The van der Waals surface area contributed by atoms with Crippen molar-refractivity contribution in [3.8, 4) is 0 Å². The summed E-state index contributed by atoms with van der Waals surface area (Å²) < 4.78 is 5.39. The van der Waals surface area contributed by atoms with E-state index in [9.17, 15) is 4.79 Å². The van der Waals surface area contributed by atoms with Crippen molar-refractivity contribution in [2.75, 3.05) is 32.7 Å². The molecule has 1 heterocycles. The Balaban J connectivity index is 0.00000784. The van der Waals surface area contributed by atoms with E-state index in [0.29, 0.717) is 12.6 Å². The molecule has 172 valence electrons. The summed E-state index contributed by atoms with van der Waals surface area (Å²) in [4.78, 5) is 19.4. The summed E-state index contributed by atoms with van der Waals surface area (Å²) in [6, 6.07) is 0.427. The molecule has 0 aromatic rings. The molecule has 1 rings (SSSR count). The molecule has 3 N–H and O–H groups in total. The van der Waals surface area contributed by atoms with Gasteiger partial charge in [0.1, 0.15) is 5.60 Å². The first-order valence-electron chi connectivity index (χ1n) is 11.0. The van der Waals surface area contributed by atoms with E-state index in [1.165, 1.54) is 13.0 Å². The highest BCUT2D eigenvalue weighted by Crippen LogP contribution is 2.11. The van der Waals surface area contributed by atoms with Crippen LogP contribution in [0.15, 0.2) is 4.99 Å². The van der Waals surface area contributed by atoms with E-state index >= 15 is 0 Å². The molecule has 0 aliphatic carbocycles. The highest BCUT2D eigenvalue weighted by Gasteiger charge is 2.21. The average Bonchev–Trinajstić information content (AvgIpc) is 2.60. The molecule has 0 radical (unpaired) electrons. The fraction of sp³-hybridized carbons (Fsp3) is 0.905. The molecule has 1 saturated heterocycles. The van der Waals surface area contributed by atoms with E-state index < -0.39 is 5.60 Å². The van der Waals surface area contributed by atoms with Crippen LogP contribution in [0.25, 0.3) is 0 Å². The number of hydrogen-bond acceptors (Lipinski definition) is 4. The van der Waals surface area contributed by atoms with Gasteiger partial charge in [-0.2, -0.15) is 0 Å². The maximum absolute atomic E-state index is 12.1. The number of amides is 1. The van der Waals surface area contributed by atoms with Crippen LogP contribution in [0.4, 0.5) is 4.79 Å². The van der Waals surface area contributed by atoms with Crippen molar-refractivity contribution in [2.24, 2.45) is 4.99 Å². The van der Waals surface area contributed by atoms with Crippen LogP contribution in [0.5, 0.6) is 0 Å². The van der Waals surface area contributed by atoms with Crippen LogP contribution in [0, 0.1) is 0 Å². The Morgan fingerprint density at radius 2 is 1.83 bits per heavy atom. The van der Waals surface area contributed by atoms with Gasteiger partial charge in [0.05, 0.1) is 12.6 Å². The Morgan fingerprint density at radius 1 is 1.17 bits per heavy atom. The minimum atomic E-state index is -0.493. The number of carbonyl (C=O) groups is 1. The zero-order chi connectivity index (χ0) is 21.0. The van der Waals surface area contributed by atoms with Gasteiger partial charge in [-0.1, -0.05) is 20.3 Å². The molecule has 1 aliphatic heterocycles. The topological polar surface area (TPSA) is 78.0 Å². The average molecular weight is 526 g/mol. The lowest BCUT2D eigenvalue weighted by Crippen LogP contribution is -2.49. The molecule has 0 saturated carbocycles. The number of piperidine rings is 1. The van der Waals surface area contributed by atoms with E-state index in [1.54, 1.807) is 0 Å². The van der Waals surface area contributed by atoms with E-state index in [0.717, 1.165) is 51.3 Å². The Kier molecular flexibility index (Phi) is 14.7. The molecular weight excluding hydrogens is 481 g/mol. The number of nitrogens with one attached hydrogen (secondary N) is 3. The monoisotopic (exact) mass is 525 g/mol. The number of alkyl carbamates (subject to hydrolysis) is 1. The molecule has 29 heavy (non-hydrogen) atoms. The molecule has 7 nitrogen and oxygen atoms in total. The van der Waals surface area contributed by atoms with Crippen LogP contribution < -0.4 is 16.0 Å². The molecule has 1 unspecified atom stereocenters. The van der Waals surface area contributed by atoms with Gasteiger partial charge < -0.3 is 25.6 Å². The highest BCUT2D eigenvalue weighted by molar-refractivity contribution is 14.0. The number of likely N-dealkylation sites (tertiary alicyclic amines) is 1. The smallest absolute Gasteiger partial charge is 0.407 e. The number of guanidine groups is 1. The largest absolute Gasteiger partial charge is 0.444 e. The molecule has 1 fully saturated rings. The van der Waals surface area contributed by atoms with Crippen molar-refractivity contribution in [1.29, 1.82) is 0 Å². The number of halogens is 1. The predicted molar refractivity (Wildman–Crippen MR) is 132 cm³/mol. The van der Waals surface area contributed by atoms with Gasteiger partial charge in [0.2, 0.25) is 0 Å². The second-order valence-corrected chi connectivity index (χ2v) is 8.61. The van der Waals surface area contributed by atoms with Crippen LogP contribution in [0.1, 0.15) is 73.6 Å². The lowest BCUT2D eigenvalue weighted by Gasteiger charge is -2.33. The number of carbonyl (C=O) groups excluding carboxylic acids is 1. The molecule has 1 aliphatic rings. The summed E-state index contributed by atoms with van der Waals surface area (Å²) in [7, 11) is 0. The van der Waals surface area contributed by atoms with E-state index in [2.05, 4.69) is 41.6 Å². The lowest BCUT2D eigenvalue weighted by molar-refractivity contribution is 0.0503. The predicted octanol–water partition coefficient (Wildman–Crippen LogP) is 3.73. The van der Waals surface area contributed by atoms with Crippen LogP contribution in [0.3, 0.4) is 0 Å². The quantitative estimate of drug-likeness (QED) is 0.243. The van der Waals surface area contributed by atoms with E-state index in [1.807, 2.05) is 20.8 Å². The highest BCUT2D eigenvalue weighted by atomic mass is 127. The molecule has 0 aromatic carbocycles. The van der Waals surface area contributed by atoms with Crippen LogP contribution in [0.2, 0.25) is 0 Å². The zero-order valence-electron chi connectivity index (χ0n) is 19.3. The van der Waals surface area contributed by atoms with Gasteiger partial charge in [-0.3, -0.25) is 4.99 Å². The van der Waals surface area contributed by atoms with Gasteiger partial charge in [0.25, 0.3) is 0 Å². The van der Waals surface area contributed by atoms with Gasteiger partial charge in [0, 0.05) is 25.7 Å². The van der Waals surface area contributed by atoms with Gasteiger partial charge in [0.15, 0.2) is 5.96 Å². The lowest BCUT2D eigenvalue weighted by atomic mass is 10.1. The Labute approximate surface area is 195 Å². The third-order valence-corrected chi connectivity index (χ3v) is 4.64. The molecule has 0 spiro atoms. The molecule has 1 atom stereocenters. The first-order chi connectivity index (χ1) is 13.3. The van der Waals surface area contributed by atoms with Crippen molar-refractivity contribution < 1.29 is 9.53 Å². The first kappa shape index (κ1) is 28.2. The SMILES string of the molecule is CCCC(CN=C(NCC)NC1CCN(CCC)CC1)NC(=O)OC(C)(C)C.I. The first-order valence-corrected chi connectivity index (χ1v) is 11.0. The molecule has 1 amide bonds. The summed E-state index contributed by atoms with van der Waals surface area (Å²) in [6.45, 7) is 16.9. The van der Waals surface area contributed by atoms with Gasteiger partial charge in [-0.25, -0.2) is 4.79 Å². The van der Waals surface area contributed by atoms with E-state index in [-0.39, 0.29) is 36.1 Å². The van der Waals surface area contributed by atoms with Gasteiger partial charge >= 0.3 is 6.09 Å². The molecule has 0 bridgehead atoms. The van der Waals surface area contributed by atoms with E-state index in [4.69, 9.17) is 9.73 Å². The van der Waals surface area contributed by atoms with Crippen molar-refractivity contribution in [3.63, 3.8) is 0 Å². The summed E-state index contributed by atoms with van der Waals surface area (Å²) in [5, 5.41) is 9.88. The minimum Gasteiger partial charge on any atom is -0.444 e. The normalized spacial score (nSPS) is 17.2. The van der Waals surface area contributed by atoms with Crippen molar-refractivity contribution in [1.82, 2.24) is 20.9 Å². The molecular formula is C21H44IN5O2. The summed E-state index contributed by atoms with van der Waals surface area (Å²) in [6.07, 6.45) is 4.97. The summed E-state index contributed by atoms with van der Waals surface area (Å²) >= 11 is 0. The maximum Gasteiger partial charge on any atom is 0.407 e. The summed E-state index contributed by atoms with van der Waals surface area (Å²) in [5.41, 5.74) is -0.493. The van der Waals surface area contributed by atoms with Crippen molar-refractivity contribution in [2.45, 2.75) is 91.3 Å². The second kappa shape index (κ2) is 15.1. The third-order valence-electron chi connectivity index (χ3n) is 4.64. The third kappa shape index (κ3) is 13.2. The number of ether oxygens (including phenoxy) is 1. The van der Waals surface area contributed by atoms with Gasteiger partial charge in [-0.15, -0.1) is 24.0 Å².